The molecule has 2 heterocycles. The first-order valence-corrected chi connectivity index (χ1v) is 30.5. The molecule has 10 bridgehead atoms. The van der Waals surface area contributed by atoms with Crippen molar-refractivity contribution in [3.63, 3.8) is 0 Å². The first-order valence-electron chi connectivity index (χ1n) is 30.5. The Bertz CT molecular complexity index is 2520. The van der Waals surface area contributed by atoms with Crippen molar-refractivity contribution in [1.82, 2.24) is 0 Å². The van der Waals surface area contributed by atoms with Gasteiger partial charge < -0.3 is 43.0 Å². The standard InChI is InChI=1S/C17H26O2.C14H16O6.C14H20O3.C13H22O2.C8H10O4/c1-10(2)16(18)19-17(11(3)4)14-6-12-5-13(8-14)9-15(17)7-12;1-6(2)13(16)18-5-10(15)19-11-7-3-8-9(4-7)14(17)20-12(8)11;1-9(2)12(15)17-14-6-10-3-11(7-14)5-13(16,4-10)8-14;1-10(2)12(14)15-13(11(3)4)8-6-5-7-9-13;1-5(2)7(9)12-6-3-4-11-8(6)10/h11-15H,1,5-9H2,2-4H3;7-9,11-12H,1,3-5H2,2H3;10-11,16H,1,3-8H2,2H3;11H,1,5-9H2,2-4H3;6H,1,3-4H2,2H3. The summed E-state index contributed by atoms with van der Waals surface area (Å²) in [6.45, 7) is 34.6. The highest BCUT2D eigenvalue weighted by atomic mass is 16.6. The van der Waals surface area contributed by atoms with Gasteiger partial charge in [-0.25, -0.2) is 33.6 Å². The molecule has 460 valence electrons. The first kappa shape index (κ1) is 65.0. The van der Waals surface area contributed by atoms with Crippen LogP contribution in [0.4, 0.5) is 0 Å². The van der Waals surface area contributed by atoms with Crippen LogP contribution in [0.1, 0.15) is 184 Å². The summed E-state index contributed by atoms with van der Waals surface area (Å²) in [5, 5.41) is 10.5. The highest BCUT2D eigenvalue weighted by Gasteiger charge is 2.64. The average molecular weight is 1160 g/mol. The number of carbonyl (C=O) groups excluding carboxylic acids is 8. The van der Waals surface area contributed by atoms with Crippen LogP contribution in [-0.4, -0.2) is 107 Å². The van der Waals surface area contributed by atoms with Crippen LogP contribution in [0.3, 0.4) is 0 Å². The Morgan fingerprint density at radius 3 is 1.59 bits per heavy atom. The molecule has 17 heteroatoms. The minimum absolute atomic E-state index is 0.0128. The molecule has 8 atom stereocenters. The maximum absolute atomic E-state index is 12.1. The van der Waals surface area contributed by atoms with Crippen molar-refractivity contribution in [2.75, 3.05) is 13.2 Å². The fourth-order valence-electron chi connectivity index (χ4n) is 16.5. The third kappa shape index (κ3) is 14.9. The number of fused-ring (bicyclic) bond motifs is 1. The van der Waals surface area contributed by atoms with Gasteiger partial charge in [0.2, 0.25) is 6.10 Å². The molecule has 17 nitrogen and oxygen atoms in total. The molecule has 0 aromatic carbocycles. The number of cyclic esters (lactones) is 1. The van der Waals surface area contributed by atoms with E-state index in [0.29, 0.717) is 71.7 Å². The van der Waals surface area contributed by atoms with E-state index < -0.39 is 53.9 Å². The minimum atomic E-state index is -0.728. The van der Waals surface area contributed by atoms with Crippen molar-refractivity contribution in [2.24, 2.45) is 65.1 Å². The molecule has 8 unspecified atom stereocenters. The van der Waals surface area contributed by atoms with Crippen LogP contribution in [0.15, 0.2) is 60.8 Å². The van der Waals surface area contributed by atoms with Gasteiger partial charge in [0.05, 0.1) is 18.1 Å². The van der Waals surface area contributed by atoms with E-state index in [4.69, 9.17) is 33.2 Å². The Labute approximate surface area is 491 Å². The lowest BCUT2D eigenvalue weighted by atomic mass is 9.47. The number of carbonyl (C=O) groups is 8. The molecular formula is C66H94O17. The molecule has 11 saturated carbocycles. The number of hydrogen-bond donors (Lipinski definition) is 1. The topological polar surface area (TPSA) is 231 Å². The van der Waals surface area contributed by atoms with Crippen molar-refractivity contribution in [3.05, 3.63) is 60.8 Å². The summed E-state index contributed by atoms with van der Waals surface area (Å²) in [5.74, 6) is 2.09. The van der Waals surface area contributed by atoms with Crippen molar-refractivity contribution in [1.29, 1.82) is 0 Å². The van der Waals surface area contributed by atoms with Crippen LogP contribution in [0, 0.1) is 65.1 Å². The van der Waals surface area contributed by atoms with Crippen LogP contribution < -0.4 is 0 Å². The second-order valence-corrected chi connectivity index (χ2v) is 27.3. The fourth-order valence-corrected chi connectivity index (χ4v) is 16.5. The van der Waals surface area contributed by atoms with Crippen molar-refractivity contribution in [3.8, 4) is 0 Å². The highest BCUT2D eigenvalue weighted by Crippen LogP contribution is 2.62. The molecule has 0 amide bonds. The molecule has 13 aliphatic rings. The van der Waals surface area contributed by atoms with Crippen LogP contribution in [0.2, 0.25) is 0 Å². The summed E-state index contributed by atoms with van der Waals surface area (Å²) in [7, 11) is 0. The summed E-state index contributed by atoms with van der Waals surface area (Å²) in [4.78, 5) is 91.6. The van der Waals surface area contributed by atoms with E-state index in [0.717, 1.165) is 63.2 Å². The van der Waals surface area contributed by atoms with Gasteiger partial charge in [-0.05, 0) is 185 Å². The Hall–Kier alpha value is -5.58. The highest BCUT2D eigenvalue weighted by molar-refractivity contribution is 5.90. The van der Waals surface area contributed by atoms with Gasteiger partial charge in [0, 0.05) is 52.5 Å². The van der Waals surface area contributed by atoms with E-state index in [1.165, 1.54) is 71.6 Å². The molecule has 13 fully saturated rings. The molecular weight excluding hydrogens is 1060 g/mol. The SMILES string of the molecule is C=C(C)C(=O)OC1(C(C)C)C2CC3CC(C2)CC1C3.C=C(C)C(=O)OC1(C(C)C)CCCCC1.C=C(C)C(=O)OC12CC3CC(CC(O)(C3)C1)C2.C=C(C)C(=O)OC1CCOC1=O.C=C(C)C(=O)OCC(=O)OC1C2CC3C(=O)OC1C3C2. The third-order valence-electron chi connectivity index (χ3n) is 19.8. The quantitative estimate of drug-likeness (QED) is 0.0968. The van der Waals surface area contributed by atoms with E-state index in [-0.39, 0.29) is 70.1 Å². The van der Waals surface area contributed by atoms with Crippen LogP contribution >= 0.6 is 0 Å². The van der Waals surface area contributed by atoms with Gasteiger partial charge >= 0.3 is 47.8 Å². The number of rotatable bonds is 14. The molecule has 0 aromatic heterocycles. The Morgan fingerprint density at radius 1 is 0.590 bits per heavy atom. The maximum Gasteiger partial charge on any atom is 0.347 e. The Kier molecular flexibility index (Phi) is 20.6. The molecule has 0 aromatic rings. The summed E-state index contributed by atoms with van der Waals surface area (Å²) >= 11 is 0. The Morgan fingerprint density at radius 2 is 1.11 bits per heavy atom. The summed E-state index contributed by atoms with van der Waals surface area (Å²) in [6.07, 6.45) is 18.2. The van der Waals surface area contributed by atoms with E-state index in [2.05, 4.69) is 65.3 Å². The molecule has 13 rings (SSSR count). The lowest BCUT2D eigenvalue weighted by Gasteiger charge is -2.61. The summed E-state index contributed by atoms with van der Waals surface area (Å²) in [6, 6.07) is 0. The molecule has 2 aliphatic heterocycles. The first-order chi connectivity index (χ1) is 38.9. The number of aliphatic hydroxyl groups is 1. The largest absolute Gasteiger partial charge is 0.463 e. The second kappa shape index (κ2) is 26.4. The van der Waals surface area contributed by atoms with Gasteiger partial charge in [-0.3, -0.25) is 4.79 Å². The van der Waals surface area contributed by atoms with Gasteiger partial charge in [-0.15, -0.1) is 0 Å². The van der Waals surface area contributed by atoms with E-state index in [1.54, 1.807) is 20.8 Å². The van der Waals surface area contributed by atoms with Crippen LogP contribution in [0.5, 0.6) is 0 Å². The zero-order chi connectivity index (χ0) is 61.1. The molecule has 1 N–H and O–H groups in total. The monoisotopic (exact) mass is 1160 g/mol. The van der Waals surface area contributed by atoms with Gasteiger partial charge in [0.15, 0.2) is 6.61 Å². The lowest BCUT2D eigenvalue weighted by molar-refractivity contribution is -0.221. The van der Waals surface area contributed by atoms with E-state index in [9.17, 15) is 43.5 Å². The van der Waals surface area contributed by atoms with Gasteiger partial charge in [-0.2, -0.15) is 0 Å². The zero-order valence-corrected chi connectivity index (χ0v) is 50.9. The average Bonchev–Trinajstić information content (AvgIpc) is 2.80. The van der Waals surface area contributed by atoms with Crippen molar-refractivity contribution >= 4 is 47.8 Å². The molecule has 83 heavy (non-hydrogen) atoms. The third-order valence-corrected chi connectivity index (χ3v) is 19.8. The van der Waals surface area contributed by atoms with Gasteiger partial charge in [-0.1, -0.05) is 67.0 Å². The predicted octanol–water partition coefficient (Wildman–Crippen LogP) is 10.6. The van der Waals surface area contributed by atoms with Crippen molar-refractivity contribution < 1.29 is 81.4 Å². The number of esters is 8. The Balaban J connectivity index is 0.000000151. The summed E-state index contributed by atoms with van der Waals surface area (Å²) in [5.41, 5.74) is 0.605. The maximum atomic E-state index is 12.1. The fraction of sp³-hybridized carbons (Fsp3) is 0.727. The van der Waals surface area contributed by atoms with Crippen LogP contribution in [-0.2, 0) is 76.3 Å². The second-order valence-electron chi connectivity index (χ2n) is 27.3. The molecule has 11 aliphatic carbocycles. The molecule has 0 radical (unpaired) electrons. The summed E-state index contributed by atoms with van der Waals surface area (Å²) < 4.78 is 42.2. The molecule has 0 spiro atoms. The molecule has 2 saturated heterocycles. The minimum Gasteiger partial charge on any atom is -0.463 e. The number of hydrogen-bond acceptors (Lipinski definition) is 17. The zero-order valence-electron chi connectivity index (χ0n) is 50.9. The van der Waals surface area contributed by atoms with E-state index >= 15 is 0 Å². The van der Waals surface area contributed by atoms with Crippen LogP contribution in [0.25, 0.3) is 0 Å². The van der Waals surface area contributed by atoms with Gasteiger partial charge in [0.1, 0.15) is 29.0 Å². The lowest BCUT2D eigenvalue weighted by Crippen LogP contribution is -2.62. The smallest absolute Gasteiger partial charge is 0.347 e. The number of ether oxygens (including phenoxy) is 8. The van der Waals surface area contributed by atoms with Gasteiger partial charge in [0.25, 0.3) is 0 Å². The predicted molar refractivity (Wildman–Crippen MR) is 306 cm³/mol. The van der Waals surface area contributed by atoms with Crippen molar-refractivity contribution in [2.45, 2.75) is 225 Å². The van der Waals surface area contributed by atoms with E-state index in [1.807, 2.05) is 0 Å². The normalized spacial score (nSPS) is 35.2.